The number of fused-ring (bicyclic) bond motifs is 1. The third-order valence-electron chi connectivity index (χ3n) is 4.34. The largest absolute Gasteiger partial charge is 0.340 e. The molecule has 0 saturated carbocycles. The van der Waals surface area contributed by atoms with Crippen LogP contribution in [0, 0.1) is 6.92 Å². The molecule has 1 fully saturated rings. The molecule has 122 valence electrons. The van der Waals surface area contributed by atoms with E-state index in [9.17, 15) is 9.59 Å². The summed E-state index contributed by atoms with van der Waals surface area (Å²) < 4.78 is 5.03. The number of benzene rings is 1. The highest BCUT2D eigenvalue weighted by Crippen LogP contribution is 2.31. The van der Waals surface area contributed by atoms with E-state index in [1.165, 1.54) is 0 Å². The Morgan fingerprint density at radius 1 is 1.38 bits per heavy atom. The summed E-state index contributed by atoms with van der Waals surface area (Å²) in [5.41, 5.74) is 0.0217. The van der Waals surface area contributed by atoms with Crippen LogP contribution < -0.4 is 5.56 Å². The van der Waals surface area contributed by atoms with E-state index in [-0.39, 0.29) is 23.2 Å². The summed E-state index contributed by atoms with van der Waals surface area (Å²) in [6, 6.07) is 8.71. The Bertz CT molecular complexity index is 975. The van der Waals surface area contributed by atoms with Crippen molar-refractivity contribution < 1.29 is 9.32 Å². The van der Waals surface area contributed by atoms with E-state index >= 15 is 0 Å². The molecular weight excluding hydrogens is 308 g/mol. The molecule has 7 heteroatoms. The minimum atomic E-state index is -0.261. The van der Waals surface area contributed by atoms with Crippen LogP contribution in [0.15, 0.2) is 39.6 Å². The smallest absolute Gasteiger partial charge is 0.271 e. The van der Waals surface area contributed by atoms with Gasteiger partial charge in [0.05, 0.1) is 6.04 Å². The number of carbonyl (C=O) groups excluding carboxylic acids is 1. The lowest BCUT2D eigenvalue weighted by Crippen LogP contribution is -2.32. The number of aromatic nitrogens is 3. The molecule has 1 unspecified atom stereocenters. The molecule has 1 amide bonds. The second kappa shape index (κ2) is 5.59. The molecule has 1 aromatic carbocycles. The summed E-state index contributed by atoms with van der Waals surface area (Å²) in [4.78, 5) is 33.7. The Hall–Kier alpha value is -2.96. The third kappa shape index (κ3) is 2.38. The predicted molar refractivity (Wildman–Crippen MR) is 86.6 cm³/mol. The number of nitrogens with one attached hydrogen (secondary N) is 1. The predicted octanol–water partition coefficient (Wildman–Crippen LogP) is 2.20. The van der Waals surface area contributed by atoms with Crippen LogP contribution in [0.4, 0.5) is 0 Å². The SMILES string of the molecule is Cc1nc(C2CCCN2C(=O)c2cc3ccccc3c(=O)[nH]2)no1. The molecule has 3 heterocycles. The highest BCUT2D eigenvalue weighted by molar-refractivity contribution is 5.96. The average molecular weight is 324 g/mol. The van der Waals surface area contributed by atoms with E-state index in [2.05, 4.69) is 15.1 Å². The molecule has 2 aromatic heterocycles. The second-order valence-corrected chi connectivity index (χ2v) is 5.93. The molecule has 0 aliphatic carbocycles. The van der Waals surface area contributed by atoms with Crippen LogP contribution in [-0.2, 0) is 0 Å². The number of H-pyrrole nitrogens is 1. The topological polar surface area (TPSA) is 92.1 Å². The lowest BCUT2D eigenvalue weighted by Gasteiger charge is -2.22. The number of amides is 1. The molecule has 1 aliphatic heterocycles. The summed E-state index contributed by atoms with van der Waals surface area (Å²) in [5, 5.41) is 5.26. The third-order valence-corrected chi connectivity index (χ3v) is 4.34. The van der Waals surface area contributed by atoms with Crippen LogP contribution >= 0.6 is 0 Å². The van der Waals surface area contributed by atoms with Crippen molar-refractivity contribution in [2.24, 2.45) is 0 Å². The first kappa shape index (κ1) is 14.6. The zero-order chi connectivity index (χ0) is 16.7. The summed E-state index contributed by atoms with van der Waals surface area (Å²) in [6.45, 7) is 2.32. The zero-order valence-corrected chi connectivity index (χ0v) is 13.2. The van der Waals surface area contributed by atoms with Crippen molar-refractivity contribution in [1.82, 2.24) is 20.0 Å². The first-order valence-electron chi connectivity index (χ1n) is 7.87. The summed E-state index contributed by atoms with van der Waals surface area (Å²) in [5.74, 6) is 0.771. The Morgan fingerprint density at radius 2 is 2.21 bits per heavy atom. The van der Waals surface area contributed by atoms with Gasteiger partial charge in [0, 0.05) is 18.9 Å². The summed E-state index contributed by atoms with van der Waals surface area (Å²) in [6.07, 6.45) is 1.64. The van der Waals surface area contributed by atoms with Crippen LogP contribution in [0.25, 0.3) is 10.8 Å². The molecular formula is C17H16N4O3. The maximum atomic E-state index is 12.9. The van der Waals surface area contributed by atoms with Gasteiger partial charge in [-0.05, 0) is 30.4 Å². The van der Waals surface area contributed by atoms with Crippen LogP contribution in [0.3, 0.4) is 0 Å². The number of rotatable bonds is 2. The second-order valence-electron chi connectivity index (χ2n) is 5.93. The fourth-order valence-corrected chi connectivity index (χ4v) is 3.21. The molecule has 24 heavy (non-hydrogen) atoms. The Balaban J connectivity index is 1.71. The molecule has 4 rings (SSSR count). The van der Waals surface area contributed by atoms with Gasteiger partial charge in [0.1, 0.15) is 5.69 Å². The standard InChI is InChI=1S/C17H16N4O3/c1-10-18-15(20-24-10)14-7-4-8-21(14)17(23)13-9-11-5-2-3-6-12(11)16(22)19-13/h2-3,5-6,9,14H,4,7-8H2,1H3,(H,19,22). The number of pyridine rings is 1. The summed E-state index contributed by atoms with van der Waals surface area (Å²) in [7, 11) is 0. The van der Waals surface area contributed by atoms with E-state index in [1.54, 1.807) is 30.0 Å². The van der Waals surface area contributed by atoms with Crippen molar-refractivity contribution in [2.75, 3.05) is 6.54 Å². The lowest BCUT2D eigenvalue weighted by atomic mass is 10.1. The van der Waals surface area contributed by atoms with E-state index < -0.39 is 0 Å². The van der Waals surface area contributed by atoms with Gasteiger partial charge < -0.3 is 14.4 Å². The van der Waals surface area contributed by atoms with Gasteiger partial charge >= 0.3 is 0 Å². The minimum Gasteiger partial charge on any atom is -0.340 e. The molecule has 1 aliphatic rings. The molecule has 1 saturated heterocycles. The number of nitrogens with zero attached hydrogens (tertiary/aromatic N) is 3. The van der Waals surface area contributed by atoms with Gasteiger partial charge in [-0.2, -0.15) is 4.98 Å². The average Bonchev–Trinajstić information content (AvgIpc) is 3.22. The molecule has 1 atom stereocenters. The van der Waals surface area contributed by atoms with Gasteiger partial charge in [-0.15, -0.1) is 0 Å². The molecule has 0 radical (unpaired) electrons. The van der Waals surface area contributed by atoms with Crippen LogP contribution in [0.2, 0.25) is 0 Å². The molecule has 7 nitrogen and oxygen atoms in total. The number of hydrogen-bond acceptors (Lipinski definition) is 5. The highest BCUT2D eigenvalue weighted by Gasteiger charge is 2.34. The molecule has 1 N–H and O–H groups in total. The number of aryl methyl sites for hydroxylation is 1. The first-order chi connectivity index (χ1) is 11.6. The maximum absolute atomic E-state index is 12.9. The van der Waals surface area contributed by atoms with Crippen LogP contribution in [-0.4, -0.2) is 32.5 Å². The monoisotopic (exact) mass is 324 g/mol. The van der Waals surface area contributed by atoms with Gasteiger partial charge in [-0.25, -0.2) is 0 Å². The fraction of sp³-hybridized carbons (Fsp3) is 0.294. The van der Waals surface area contributed by atoms with Gasteiger partial charge in [0.25, 0.3) is 11.5 Å². The van der Waals surface area contributed by atoms with Crippen molar-refractivity contribution in [1.29, 1.82) is 0 Å². The van der Waals surface area contributed by atoms with Gasteiger partial charge in [0.15, 0.2) is 5.82 Å². The van der Waals surface area contributed by atoms with Crippen molar-refractivity contribution in [3.8, 4) is 0 Å². The van der Waals surface area contributed by atoms with Crippen molar-refractivity contribution in [2.45, 2.75) is 25.8 Å². The summed E-state index contributed by atoms with van der Waals surface area (Å²) >= 11 is 0. The highest BCUT2D eigenvalue weighted by atomic mass is 16.5. The molecule has 3 aromatic rings. The Labute approximate surface area is 137 Å². The van der Waals surface area contributed by atoms with E-state index in [0.29, 0.717) is 23.6 Å². The van der Waals surface area contributed by atoms with Crippen molar-refractivity contribution >= 4 is 16.7 Å². The first-order valence-corrected chi connectivity index (χ1v) is 7.87. The van der Waals surface area contributed by atoms with Crippen LogP contribution in [0.1, 0.15) is 41.1 Å². The normalized spacial score (nSPS) is 17.5. The number of likely N-dealkylation sites (tertiary alicyclic amines) is 1. The molecule has 0 spiro atoms. The van der Waals surface area contributed by atoms with Crippen molar-refractivity contribution in [3.05, 3.63) is 58.1 Å². The van der Waals surface area contributed by atoms with E-state index in [0.717, 1.165) is 18.2 Å². The Kier molecular flexibility index (Phi) is 3.41. The number of aromatic amines is 1. The van der Waals surface area contributed by atoms with Crippen LogP contribution in [0.5, 0.6) is 0 Å². The lowest BCUT2D eigenvalue weighted by molar-refractivity contribution is 0.0722. The van der Waals surface area contributed by atoms with E-state index in [1.807, 2.05) is 12.1 Å². The maximum Gasteiger partial charge on any atom is 0.271 e. The van der Waals surface area contributed by atoms with Gasteiger partial charge in [-0.1, -0.05) is 23.4 Å². The minimum absolute atomic E-state index is 0.218. The quantitative estimate of drug-likeness (QED) is 0.780. The number of hydrogen-bond donors (Lipinski definition) is 1. The van der Waals surface area contributed by atoms with Crippen molar-refractivity contribution in [3.63, 3.8) is 0 Å². The molecule has 0 bridgehead atoms. The fourth-order valence-electron chi connectivity index (χ4n) is 3.21. The zero-order valence-electron chi connectivity index (χ0n) is 13.2. The van der Waals surface area contributed by atoms with Gasteiger partial charge in [-0.3, -0.25) is 9.59 Å². The van der Waals surface area contributed by atoms with E-state index in [4.69, 9.17) is 4.52 Å². The van der Waals surface area contributed by atoms with Gasteiger partial charge in [0.2, 0.25) is 5.89 Å². The Morgan fingerprint density at radius 3 is 3.00 bits per heavy atom. The number of carbonyl (C=O) groups is 1.